The molecule has 0 spiro atoms. The molecule has 1 saturated heterocycles. The first-order valence-corrected chi connectivity index (χ1v) is 10.0. The van der Waals surface area contributed by atoms with Crippen molar-refractivity contribution in [2.75, 3.05) is 6.54 Å². The summed E-state index contributed by atoms with van der Waals surface area (Å²) in [5, 5.41) is 12.1. The number of nitrogens with zero attached hydrogens (tertiary/aromatic N) is 1. The smallest absolute Gasteiger partial charge is 0.411 e. The summed E-state index contributed by atoms with van der Waals surface area (Å²) < 4.78 is 10.6. The summed E-state index contributed by atoms with van der Waals surface area (Å²) in [5.41, 5.74) is -1.18. The first-order chi connectivity index (χ1) is 12.8. The Morgan fingerprint density at radius 3 is 2.11 bits per heavy atom. The summed E-state index contributed by atoms with van der Waals surface area (Å²) in [6.45, 7) is 11.3. The summed E-state index contributed by atoms with van der Waals surface area (Å²) in [7, 11) is 0. The van der Waals surface area contributed by atoms with Gasteiger partial charge in [0.25, 0.3) is 0 Å². The van der Waals surface area contributed by atoms with E-state index in [-0.39, 0.29) is 6.04 Å². The SMILES string of the molecule is CC(C)(C)OC(=O)NCCCCC[C@H]1CC[C@@H](C(=O)O)N1C(=O)OC(C)(C)C. The van der Waals surface area contributed by atoms with Crippen molar-refractivity contribution in [2.24, 2.45) is 0 Å². The van der Waals surface area contributed by atoms with Gasteiger partial charge in [0.05, 0.1) is 0 Å². The number of carbonyl (C=O) groups is 3. The van der Waals surface area contributed by atoms with Gasteiger partial charge in [-0.15, -0.1) is 0 Å². The van der Waals surface area contributed by atoms with Crippen LogP contribution in [0, 0.1) is 0 Å². The zero-order valence-corrected chi connectivity index (χ0v) is 18.0. The van der Waals surface area contributed by atoms with Crippen molar-refractivity contribution >= 4 is 18.2 Å². The first kappa shape index (κ1) is 24.0. The molecular formula is C20H36N2O6. The van der Waals surface area contributed by atoms with Gasteiger partial charge in [-0.05, 0) is 67.2 Å². The average molecular weight is 401 g/mol. The van der Waals surface area contributed by atoms with Crippen molar-refractivity contribution in [1.82, 2.24) is 10.2 Å². The molecule has 0 saturated carbocycles. The molecule has 1 aliphatic rings. The molecule has 28 heavy (non-hydrogen) atoms. The van der Waals surface area contributed by atoms with Crippen LogP contribution in [0.25, 0.3) is 0 Å². The minimum absolute atomic E-state index is 0.130. The Balaban J connectivity index is 2.42. The maximum Gasteiger partial charge on any atom is 0.411 e. The third-order valence-corrected chi connectivity index (χ3v) is 4.27. The molecule has 1 aliphatic heterocycles. The number of hydrogen-bond acceptors (Lipinski definition) is 5. The van der Waals surface area contributed by atoms with Crippen molar-refractivity contribution in [2.45, 2.75) is 103 Å². The number of unbranched alkanes of at least 4 members (excludes halogenated alkanes) is 2. The monoisotopic (exact) mass is 400 g/mol. The molecule has 0 unspecified atom stereocenters. The largest absolute Gasteiger partial charge is 0.480 e. The van der Waals surface area contributed by atoms with Crippen LogP contribution >= 0.6 is 0 Å². The second-order valence-corrected chi connectivity index (χ2v) is 9.25. The Kier molecular flexibility index (Phi) is 8.57. The van der Waals surface area contributed by atoms with E-state index < -0.39 is 35.4 Å². The molecule has 8 heteroatoms. The van der Waals surface area contributed by atoms with E-state index in [9.17, 15) is 19.5 Å². The first-order valence-electron chi connectivity index (χ1n) is 10.0. The molecule has 0 aliphatic carbocycles. The lowest BCUT2D eigenvalue weighted by Crippen LogP contribution is -2.47. The molecule has 0 aromatic heterocycles. The van der Waals surface area contributed by atoms with E-state index >= 15 is 0 Å². The molecule has 2 N–H and O–H groups in total. The standard InChI is InChI=1S/C20H36N2O6/c1-19(2,3)27-17(25)21-13-9-7-8-10-14-11-12-15(16(23)24)22(14)18(26)28-20(4,5)6/h14-15H,7-13H2,1-6H3,(H,21,25)(H,23,24)/t14-,15-/m0/s1. The number of ether oxygens (including phenoxy) is 2. The van der Waals surface area contributed by atoms with Crippen LogP contribution in [-0.2, 0) is 14.3 Å². The highest BCUT2D eigenvalue weighted by atomic mass is 16.6. The van der Waals surface area contributed by atoms with Crippen LogP contribution in [0.1, 0.15) is 80.1 Å². The lowest BCUT2D eigenvalue weighted by molar-refractivity contribution is -0.142. The molecule has 1 fully saturated rings. The average Bonchev–Trinajstić information content (AvgIpc) is 2.91. The molecule has 0 radical (unpaired) electrons. The summed E-state index contributed by atoms with van der Waals surface area (Å²) in [6.07, 6.45) is 3.33. The highest BCUT2D eigenvalue weighted by Crippen LogP contribution is 2.30. The van der Waals surface area contributed by atoms with Crippen molar-refractivity contribution in [1.29, 1.82) is 0 Å². The third-order valence-electron chi connectivity index (χ3n) is 4.27. The van der Waals surface area contributed by atoms with E-state index in [2.05, 4.69) is 5.32 Å². The molecule has 162 valence electrons. The second-order valence-electron chi connectivity index (χ2n) is 9.25. The zero-order valence-electron chi connectivity index (χ0n) is 18.0. The van der Waals surface area contributed by atoms with Gasteiger partial charge in [-0.3, -0.25) is 4.90 Å². The predicted molar refractivity (Wildman–Crippen MR) is 105 cm³/mol. The van der Waals surface area contributed by atoms with Gasteiger partial charge in [-0.2, -0.15) is 0 Å². The van der Waals surface area contributed by atoms with E-state index in [1.54, 1.807) is 20.8 Å². The van der Waals surface area contributed by atoms with Gasteiger partial charge in [0.15, 0.2) is 0 Å². The van der Waals surface area contributed by atoms with E-state index in [4.69, 9.17) is 9.47 Å². The normalized spacial score (nSPS) is 20.0. The fraction of sp³-hybridized carbons (Fsp3) is 0.850. The fourth-order valence-corrected chi connectivity index (χ4v) is 3.19. The number of carbonyl (C=O) groups excluding carboxylic acids is 2. The predicted octanol–water partition coefficient (Wildman–Crippen LogP) is 3.92. The summed E-state index contributed by atoms with van der Waals surface area (Å²) in [4.78, 5) is 37.0. The molecule has 8 nitrogen and oxygen atoms in total. The lowest BCUT2D eigenvalue weighted by Gasteiger charge is -2.31. The maximum absolute atomic E-state index is 12.5. The number of alkyl carbamates (subject to hydrolysis) is 1. The topological polar surface area (TPSA) is 105 Å². The van der Waals surface area contributed by atoms with Crippen LogP contribution in [0.2, 0.25) is 0 Å². The number of carboxylic acid groups (broad SMARTS) is 1. The van der Waals surface area contributed by atoms with Gasteiger partial charge in [-0.1, -0.05) is 12.8 Å². The fourth-order valence-electron chi connectivity index (χ4n) is 3.19. The molecule has 0 aromatic rings. The van der Waals surface area contributed by atoms with Gasteiger partial charge in [0.2, 0.25) is 0 Å². The molecule has 0 aromatic carbocycles. The number of amides is 2. The minimum atomic E-state index is -0.991. The van der Waals surface area contributed by atoms with Crippen LogP contribution in [0.3, 0.4) is 0 Å². The van der Waals surface area contributed by atoms with E-state index in [0.29, 0.717) is 19.4 Å². The van der Waals surface area contributed by atoms with Crippen molar-refractivity contribution in [3.05, 3.63) is 0 Å². The van der Waals surface area contributed by atoms with Crippen LogP contribution in [0.5, 0.6) is 0 Å². The number of nitrogens with one attached hydrogen (secondary N) is 1. The number of rotatable bonds is 7. The lowest BCUT2D eigenvalue weighted by atomic mass is 10.1. The Bertz CT molecular complexity index is 550. The Morgan fingerprint density at radius 2 is 1.57 bits per heavy atom. The van der Waals surface area contributed by atoms with Gasteiger partial charge < -0.3 is 19.9 Å². The van der Waals surface area contributed by atoms with Gasteiger partial charge >= 0.3 is 18.2 Å². The zero-order chi connectivity index (χ0) is 21.5. The van der Waals surface area contributed by atoms with Crippen molar-refractivity contribution in [3.63, 3.8) is 0 Å². The summed E-state index contributed by atoms with van der Waals surface area (Å²) >= 11 is 0. The van der Waals surface area contributed by atoms with Gasteiger partial charge in [0.1, 0.15) is 17.2 Å². The van der Waals surface area contributed by atoms with E-state index in [1.807, 2.05) is 20.8 Å². The maximum atomic E-state index is 12.5. The molecule has 2 amide bonds. The molecule has 1 heterocycles. The summed E-state index contributed by atoms with van der Waals surface area (Å²) in [6, 6.07) is -0.955. The molecule has 0 bridgehead atoms. The highest BCUT2D eigenvalue weighted by molar-refractivity contribution is 5.81. The van der Waals surface area contributed by atoms with E-state index in [0.717, 1.165) is 25.7 Å². The van der Waals surface area contributed by atoms with E-state index in [1.165, 1.54) is 4.90 Å². The number of aliphatic carboxylic acids is 1. The third kappa shape index (κ3) is 8.80. The Morgan fingerprint density at radius 1 is 0.964 bits per heavy atom. The van der Waals surface area contributed by atoms with Crippen molar-refractivity contribution < 1.29 is 29.0 Å². The highest BCUT2D eigenvalue weighted by Gasteiger charge is 2.42. The molecular weight excluding hydrogens is 364 g/mol. The van der Waals surface area contributed by atoms with Gasteiger partial charge in [-0.25, -0.2) is 14.4 Å². The quantitative estimate of drug-likeness (QED) is 0.628. The van der Waals surface area contributed by atoms with Gasteiger partial charge in [0, 0.05) is 12.6 Å². The van der Waals surface area contributed by atoms with Crippen LogP contribution < -0.4 is 5.32 Å². The van der Waals surface area contributed by atoms with Crippen LogP contribution in [0.15, 0.2) is 0 Å². The van der Waals surface area contributed by atoms with Crippen LogP contribution in [-0.4, -0.2) is 58.0 Å². The van der Waals surface area contributed by atoms with Crippen molar-refractivity contribution in [3.8, 4) is 0 Å². The number of likely N-dealkylation sites (tertiary alicyclic amines) is 1. The summed E-state index contributed by atoms with van der Waals surface area (Å²) in [5.74, 6) is -0.991. The Hall–Kier alpha value is -1.99. The number of carboxylic acids is 1. The second kappa shape index (κ2) is 9.98. The molecule has 1 rings (SSSR count). The van der Waals surface area contributed by atoms with Crippen LogP contribution in [0.4, 0.5) is 9.59 Å². The Labute approximate surface area is 167 Å². The molecule has 2 atom stereocenters. The number of hydrogen-bond donors (Lipinski definition) is 2. The minimum Gasteiger partial charge on any atom is -0.480 e.